The number of hydrogen-bond acceptors (Lipinski definition) is 3. The van der Waals surface area contributed by atoms with Gasteiger partial charge in [-0.1, -0.05) is 12.1 Å². The largest absolute Gasteiger partial charge is 0.349 e. The van der Waals surface area contributed by atoms with Crippen LogP contribution < -0.4 is 16.0 Å². The van der Waals surface area contributed by atoms with Crippen molar-refractivity contribution < 1.29 is 9.59 Å². The summed E-state index contributed by atoms with van der Waals surface area (Å²) in [5, 5.41) is 8.74. The Bertz CT molecular complexity index is 608. The molecule has 6 heteroatoms. The van der Waals surface area contributed by atoms with Gasteiger partial charge in [0.15, 0.2) is 0 Å². The zero-order chi connectivity index (χ0) is 17.8. The van der Waals surface area contributed by atoms with Crippen LogP contribution in [0.2, 0.25) is 0 Å². The second-order valence-electron chi connectivity index (χ2n) is 7.25. The third kappa shape index (κ3) is 5.46. The van der Waals surface area contributed by atoms with Crippen LogP contribution in [0.3, 0.4) is 0 Å². The van der Waals surface area contributed by atoms with Crippen molar-refractivity contribution in [3.8, 4) is 0 Å². The summed E-state index contributed by atoms with van der Waals surface area (Å²) in [6, 6.07) is 8.60. The molecule has 3 rings (SSSR count). The van der Waals surface area contributed by atoms with Gasteiger partial charge >= 0.3 is 6.03 Å². The Morgan fingerprint density at radius 2 is 1.80 bits per heavy atom. The maximum atomic E-state index is 11.9. The molecule has 0 spiro atoms. The highest BCUT2D eigenvalue weighted by molar-refractivity contribution is 5.94. The van der Waals surface area contributed by atoms with Gasteiger partial charge in [-0.25, -0.2) is 4.79 Å². The van der Waals surface area contributed by atoms with Gasteiger partial charge in [-0.15, -0.1) is 0 Å². The number of urea groups is 1. The predicted molar refractivity (Wildman–Crippen MR) is 97.4 cm³/mol. The number of amides is 3. The van der Waals surface area contributed by atoms with Gasteiger partial charge in [0, 0.05) is 36.8 Å². The third-order valence-corrected chi connectivity index (χ3v) is 4.96. The van der Waals surface area contributed by atoms with Crippen LogP contribution in [-0.4, -0.2) is 48.6 Å². The molecule has 0 bridgehead atoms. The van der Waals surface area contributed by atoms with E-state index >= 15 is 0 Å². The lowest BCUT2D eigenvalue weighted by atomic mass is 10.1. The number of nitrogens with one attached hydrogen (secondary N) is 3. The second-order valence-corrected chi connectivity index (χ2v) is 7.25. The lowest BCUT2D eigenvalue weighted by Gasteiger charge is -2.24. The Morgan fingerprint density at radius 3 is 2.40 bits per heavy atom. The van der Waals surface area contributed by atoms with Crippen LogP contribution >= 0.6 is 0 Å². The summed E-state index contributed by atoms with van der Waals surface area (Å²) in [4.78, 5) is 26.2. The molecule has 25 heavy (non-hydrogen) atoms. The van der Waals surface area contributed by atoms with E-state index in [1.807, 2.05) is 12.1 Å². The molecule has 1 aromatic carbocycles. The average Bonchev–Trinajstić information content (AvgIpc) is 3.51. The highest BCUT2D eigenvalue weighted by atomic mass is 16.2. The minimum absolute atomic E-state index is 0.0199. The third-order valence-electron chi connectivity index (χ3n) is 4.96. The van der Waals surface area contributed by atoms with E-state index in [9.17, 15) is 9.59 Å². The van der Waals surface area contributed by atoms with E-state index in [0.717, 1.165) is 18.4 Å². The van der Waals surface area contributed by atoms with Crippen LogP contribution in [0.5, 0.6) is 0 Å². The van der Waals surface area contributed by atoms with E-state index in [1.54, 1.807) is 12.1 Å². The molecular weight excluding hydrogens is 316 g/mol. The maximum Gasteiger partial charge on any atom is 0.315 e. The summed E-state index contributed by atoms with van der Waals surface area (Å²) in [6.07, 6.45) is 4.69. The fourth-order valence-corrected chi connectivity index (χ4v) is 2.74. The van der Waals surface area contributed by atoms with Crippen LogP contribution in [0, 0.1) is 0 Å². The van der Waals surface area contributed by atoms with E-state index < -0.39 is 0 Å². The molecule has 1 aromatic rings. The van der Waals surface area contributed by atoms with Gasteiger partial charge in [0.25, 0.3) is 5.91 Å². The van der Waals surface area contributed by atoms with Crippen LogP contribution in [-0.2, 0) is 6.54 Å². The molecule has 0 heterocycles. The lowest BCUT2D eigenvalue weighted by molar-refractivity contribution is 0.0951. The normalized spacial score (nSPS) is 17.9. The summed E-state index contributed by atoms with van der Waals surface area (Å²) >= 11 is 0. The molecular formula is C19H28N4O2. The molecule has 0 aromatic heterocycles. The monoisotopic (exact) mass is 344 g/mol. The predicted octanol–water partition coefficient (Wildman–Crippen LogP) is 1.86. The smallest absolute Gasteiger partial charge is 0.315 e. The molecule has 3 N–H and O–H groups in total. The van der Waals surface area contributed by atoms with Crippen molar-refractivity contribution in [2.75, 3.05) is 13.6 Å². The van der Waals surface area contributed by atoms with Crippen LogP contribution in [0.4, 0.5) is 4.79 Å². The van der Waals surface area contributed by atoms with Crippen molar-refractivity contribution in [3.63, 3.8) is 0 Å². The molecule has 0 unspecified atom stereocenters. The fourth-order valence-electron chi connectivity index (χ4n) is 2.74. The minimum Gasteiger partial charge on any atom is -0.349 e. The van der Waals surface area contributed by atoms with Crippen molar-refractivity contribution in [1.29, 1.82) is 0 Å². The molecule has 0 saturated heterocycles. The first-order valence-electron chi connectivity index (χ1n) is 9.16. The summed E-state index contributed by atoms with van der Waals surface area (Å²) in [5.41, 5.74) is 1.64. The average molecular weight is 344 g/mol. The molecule has 2 aliphatic carbocycles. The zero-order valence-corrected chi connectivity index (χ0v) is 15.0. The summed E-state index contributed by atoms with van der Waals surface area (Å²) in [7, 11) is 2.11. The first-order chi connectivity index (χ1) is 12.0. The van der Waals surface area contributed by atoms with Crippen LogP contribution in [0.1, 0.15) is 48.5 Å². The van der Waals surface area contributed by atoms with E-state index in [1.165, 1.54) is 12.8 Å². The number of carbonyl (C=O) groups excluding carboxylic acids is 2. The van der Waals surface area contributed by atoms with Crippen LogP contribution in [0.15, 0.2) is 24.3 Å². The summed E-state index contributed by atoms with van der Waals surface area (Å²) in [5.74, 6) is -0.0199. The van der Waals surface area contributed by atoms with Crippen molar-refractivity contribution in [2.45, 2.75) is 57.3 Å². The van der Waals surface area contributed by atoms with Crippen molar-refractivity contribution in [2.24, 2.45) is 0 Å². The molecule has 6 nitrogen and oxygen atoms in total. The number of nitrogens with zero attached hydrogens (tertiary/aromatic N) is 1. The van der Waals surface area contributed by atoms with Gasteiger partial charge in [-0.3, -0.25) is 9.69 Å². The molecule has 2 fully saturated rings. The second kappa shape index (κ2) is 7.87. The molecule has 2 saturated carbocycles. The number of hydrogen-bond donors (Lipinski definition) is 3. The Morgan fingerprint density at radius 1 is 1.12 bits per heavy atom. The fraction of sp³-hybridized carbons (Fsp3) is 0.579. The highest BCUT2D eigenvalue weighted by Gasteiger charge is 2.29. The number of carbonyl (C=O) groups is 2. The Kier molecular flexibility index (Phi) is 5.58. The minimum atomic E-state index is -0.161. The van der Waals surface area contributed by atoms with Gasteiger partial charge in [0.05, 0.1) is 0 Å². The van der Waals surface area contributed by atoms with Gasteiger partial charge < -0.3 is 16.0 Å². The molecule has 2 aliphatic rings. The number of likely N-dealkylation sites (N-methyl/N-ethyl adjacent to an activating group) is 1. The molecule has 0 radical (unpaired) electrons. The summed E-state index contributed by atoms with van der Waals surface area (Å²) < 4.78 is 0. The topological polar surface area (TPSA) is 73.5 Å². The molecule has 0 aliphatic heterocycles. The standard InChI is InChI=1S/C19H28N4O2/c1-13(23(2)17-9-10-17)11-20-19(25)21-12-14-3-5-15(6-4-14)18(24)22-16-7-8-16/h3-6,13,16-17H,7-12H2,1-2H3,(H,22,24)(H2,20,21,25)/t13-/m1/s1. The Hall–Kier alpha value is -2.08. The molecule has 1 atom stereocenters. The molecule has 3 amide bonds. The maximum absolute atomic E-state index is 11.9. The van der Waals surface area contributed by atoms with E-state index in [2.05, 4.69) is 34.8 Å². The lowest BCUT2D eigenvalue weighted by Crippen LogP contribution is -2.44. The first kappa shape index (κ1) is 17.7. The number of rotatable bonds is 8. The van der Waals surface area contributed by atoms with E-state index in [0.29, 0.717) is 36.8 Å². The first-order valence-corrected chi connectivity index (χ1v) is 9.16. The van der Waals surface area contributed by atoms with Crippen LogP contribution in [0.25, 0.3) is 0 Å². The Labute approximate surface area is 149 Å². The van der Waals surface area contributed by atoms with E-state index in [4.69, 9.17) is 0 Å². The quantitative estimate of drug-likeness (QED) is 0.674. The van der Waals surface area contributed by atoms with Gasteiger partial charge in [-0.2, -0.15) is 0 Å². The van der Waals surface area contributed by atoms with E-state index in [-0.39, 0.29) is 11.9 Å². The zero-order valence-electron chi connectivity index (χ0n) is 15.0. The van der Waals surface area contributed by atoms with Gasteiger partial charge in [0.1, 0.15) is 0 Å². The van der Waals surface area contributed by atoms with Gasteiger partial charge in [0.2, 0.25) is 0 Å². The van der Waals surface area contributed by atoms with Crippen molar-refractivity contribution in [3.05, 3.63) is 35.4 Å². The highest BCUT2D eigenvalue weighted by Crippen LogP contribution is 2.26. The Balaban J connectivity index is 1.37. The molecule has 136 valence electrons. The van der Waals surface area contributed by atoms with Crippen molar-refractivity contribution >= 4 is 11.9 Å². The summed E-state index contributed by atoms with van der Waals surface area (Å²) in [6.45, 7) is 3.21. The number of benzene rings is 1. The SMILES string of the molecule is C[C@H](CNC(=O)NCc1ccc(C(=O)NC2CC2)cc1)N(C)C1CC1. The van der Waals surface area contributed by atoms with Crippen molar-refractivity contribution in [1.82, 2.24) is 20.9 Å². The van der Waals surface area contributed by atoms with Gasteiger partial charge in [-0.05, 0) is 57.4 Å².